The van der Waals surface area contributed by atoms with Gasteiger partial charge < -0.3 is 24.8 Å². The van der Waals surface area contributed by atoms with Crippen LogP contribution in [0.15, 0.2) is 24.5 Å². The molecule has 2 aliphatic heterocycles. The zero-order chi connectivity index (χ0) is 20.4. The quantitative estimate of drug-likeness (QED) is 0.545. The lowest BCUT2D eigenvalue weighted by Gasteiger charge is -2.30. The summed E-state index contributed by atoms with van der Waals surface area (Å²) in [6.45, 7) is 1.24. The van der Waals surface area contributed by atoms with Crippen molar-refractivity contribution in [3.05, 3.63) is 40.2 Å². The van der Waals surface area contributed by atoms with Gasteiger partial charge in [-0.3, -0.25) is 14.9 Å². The Morgan fingerprint density at radius 3 is 2.76 bits per heavy atom. The van der Waals surface area contributed by atoms with E-state index < -0.39 is 16.8 Å². The zero-order valence-electron chi connectivity index (χ0n) is 15.4. The maximum atomic E-state index is 11.8. The summed E-state index contributed by atoms with van der Waals surface area (Å²) >= 11 is 0. The van der Waals surface area contributed by atoms with Crippen LogP contribution in [0.4, 0.5) is 17.3 Å². The summed E-state index contributed by atoms with van der Waals surface area (Å²) in [4.78, 5) is 32.3. The molecule has 0 radical (unpaired) electrons. The first-order chi connectivity index (χ1) is 14.0. The molecule has 2 N–H and O–H groups in total. The molecule has 2 aliphatic rings. The number of aromatic nitrogens is 2. The number of carboxylic acids is 1. The van der Waals surface area contributed by atoms with Crippen LogP contribution in [0, 0.1) is 16.0 Å². The number of ether oxygens (including phenoxy) is 2. The van der Waals surface area contributed by atoms with Gasteiger partial charge >= 0.3 is 11.7 Å². The van der Waals surface area contributed by atoms with Crippen LogP contribution >= 0.6 is 0 Å². The molecule has 0 bridgehead atoms. The van der Waals surface area contributed by atoms with Crippen LogP contribution in [0.1, 0.15) is 18.4 Å². The molecule has 1 aromatic heterocycles. The van der Waals surface area contributed by atoms with E-state index in [1.807, 2.05) is 6.07 Å². The van der Waals surface area contributed by atoms with E-state index in [2.05, 4.69) is 15.3 Å². The normalized spacial score (nSPS) is 15.9. The highest BCUT2D eigenvalue weighted by Crippen LogP contribution is 2.35. The number of carboxylic acid groups (broad SMARTS) is 1. The van der Waals surface area contributed by atoms with E-state index in [1.54, 1.807) is 17.0 Å². The van der Waals surface area contributed by atoms with Crippen LogP contribution in [0.3, 0.4) is 0 Å². The Kier molecular flexibility index (Phi) is 5.02. The van der Waals surface area contributed by atoms with E-state index in [-0.39, 0.29) is 24.1 Å². The second kappa shape index (κ2) is 7.78. The zero-order valence-corrected chi connectivity index (χ0v) is 15.4. The third kappa shape index (κ3) is 3.84. The van der Waals surface area contributed by atoms with Gasteiger partial charge in [0.15, 0.2) is 11.5 Å². The number of nitro groups is 1. The van der Waals surface area contributed by atoms with Crippen LogP contribution in [0.2, 0.25) is 0 Å². The van der Waals surface area contributed by atoms with Crippen molar-refractivity contribution < 1.29 is 24.3 Å². The van der Waals surface area contributed by atoms with Crippen molar-refractivity contribution in [1.29, 1.82) is 0 Å². The number of benzene rings is 1. The number of nitrogens with one attached hydrogen (secondary N) is 1. The highest BCUT2D eigenvalue weighted by Gasteiger charge is 2.31. The standard InChI is InChI=1S/C18H19N5O6/c24-18(25)12-3-5-22(6-4-12)17-15(23(26)27)16(20-9-21-17)19-8-11-1-2-13-14(7-11)29-10-28-13/h1-2,7,9,12H,3-6,8,10H2,(H,24,25)(H,19,20,21). The maximum absolute atomic E-state index is 11.8. The van der Waals surface area contributed by atoms with E-state index >= 15 is 0 Å². The molecule has 0 spiro atoms. The summed E-state index contributed by atoms with van der Waals surface area (Å²) in [6.07, 6.45) is 2.10. The van der Waals surface area contributed by atoms with Gasteiger partial charge in [0, 0.05) is 19.6 Å². The van der Waals surface area contributed by atoms with Crippen molar-refractivity contribution in [2.45, 2.75) is 19.4 Å². The monoisotopic (exact) mass is 401 g/mol. The molecule has 11 heteroatoms. The lowest BCUT2D eigenvalue weighted by atomic mass is 9.97. The van der Waals surface area contributed by atoms with E-state index in [9.17, 15) is 14.9 Å². The molecule has 0 aliphatic carbocycles. The average Bonchev–Trinajstić information content (AvgIpc) is 3.19. The first-order valence-corrected chi connectivity index (χ1v) is 9.12. The fourth-order valence-electron chi connectivity index (χ4n) is 3.47. The minimum Gasteiger partial charge on any atom is -0.481 e. The topological polar surface area (TPSA) is 140 Å². The Bertz CT molecular complexity index is 944. The lowest BCUT2D eigenvalue weighted by molar-refractivity contribution is -0.383. The predicted octanol–water partition coefficient (Wildman–Crippen LogP) is 2.03. The Morgan fingerprint density at radius 1 is 1.28 bits per heavy atom. The van der Waals surface area contributed by atoms with Crippen LogP contribution in [0.25, 0.3) is 0 Å². The highest BCUT2D eigenvalue weighted by molar-refractivity contribution is 5.72. The Hall–Kier alpha value is -3.63. The minimum atomic E-state index is -0.840. The van der Waals surface area contributed by atoms with Gasteiger partial charge in [0.2, 0.25) is 18.4 Å². The van der Waals surface area contributed by atoms with Gasteiger partial charge in [-0.05, 0) is 30.5 Å². The van der Waals surface area contributed by atoms with Gasteiger partial charge in [0.1, 0.15) is 6.33 Å². The third-order valence-electron chi connectivity index (χ3n) is 5.03. The summed E-state index contributed by atoms with van der Waals surface area (Å²) in [5.74, 6) is 0.320. The minimum absolute atomic E-state index is 0.109. The van der Waals surface area contributed by atoms with Crippen LogP contribution < -0.4 is 19.7 Å². The van der Waals surface area contributed by atoms with Crippen molar-refractivity contribution in [2.24, 2.45) is 5.92 Å². The largest absolute Gasteiger partial charge is 0.481 e. The molecule has 0 unspecified atom stereocenters. The fraction of sp³-hybridized carbons (Fsp3) is 0.389. The molecule has 0 saturated carbocycles. The van der Waals surface area contributed by atoms with Gasteiger partial charge in [-0.2, -0.15) is 0 Å². The molecule has 4 rings (SSSR count). The van der Waals surface area contributed by atoms with Gasteiger partial charge in [0.05, 0.1) is 10.8 Å². The maximum Gasteiger partial charge on any atom is 0.353 e. The van der Waals surface area contributed by atoms with Crippen LogP contribution in [-0.4, -0.2) is 45.8 Å². The first kappa shape index (κ1) is 18.7. The molecular formula is C18H19N5O6. The smallest absolute Gasteiger partial charge is 0.353 e. The second-order valence-electron chi connectivity index (χ2n) is 6.79. The molecule has 2 aromatic rings. The number of hydrogen-bond acceptors (Lipinski definition) is 9. The summed E-state index contributed by atoms with van der Waals surface area (Å²) in [5, 5.41) is 23.9. The van der Waals surface area contributed by atoms with Crippen molar-refractivity contribution in [2.75, 3.05) is 30.1 Å². The molecule has 152 valence electrons. The number of aliphatic carboxylic acids is 1. The molecule has 0 amide bonds. The lowest BCUT2D eigenvalue weighted by Crippen LogP contribution is -2.37. The van der Waals surface area contributed by atoms with Gasteiger partial charge in [-0.15, -0.1) is 0 Å². The van der Waals surface area contributed by atoms with Crippen molar-refractivity contribution in [3.8, 4) is 11.5 Å². The Balaban J connectivity index is 1.52. The van der Waals surface area contributed by atoms with E-state index in [0.29, 0.717) is 44.0 Å². The molecule has 1 aromatic carbocycles. The summed E-state index contributed by atoms with van der Waals surface area (Å²) in [7, 11) is 0. The average molecular weight is 401 g/mol. The summed E-state index contributed by atoms with van der Waals surface area (Å²) < 4.78 is 10.6. The molecule has 29 heavy (non-hydrogen) atoms. The third-order valence-corrected chi connectivity index (χ3v) is 5.03. The number of fused-ring (bicyclic) bond motifs is 1. The van der Waals surface area contributed by atoms with E-state index in [4.69, 9.17) is 14.6 Å². The van der Waals surface area contributed by atoms with E-state index in [0.717, 1.165) is 5.56 Å². The number of piperidine rings is 1. The predicted molar refractivity (Wildman–Crippen MR) is 101 cm³/mol. The summed E-state index contributed by atoms with van der Waals surface area (Å²) in [5.41, 5.74) is 0.632. The van der Waals surface area contributed by atoms with Crippen LogP contribution in [0.5, 0.6) is 11.5 Å². The molecule has 1 saturated heterocycles. The summed E-state index contributed by atoms with van der Waals surface area (Å²) in [6, 6.07) is 5.43. The number of hydrogen-bond donors (Lipinski definition) is 2. The van der Waals surface area contributed by atoms with E-state index in [1.165, 1.54) is 6.33 Å². The van der Waals surface area contributed by atoms with Crippen LogP contribution in [-0.2, 0) is 11.3 Å². The van der Waals surface area contributed by atoms with Crippen molar-refractivity contribution in [3.63, 3.8) is 0 Å². The fourth-order valence-corrected chi connectivity index (χ4v) is 3.47. The Labute approximate surface area is 165 Å². The van der Waals surface area contributed by atoms with Gasteiger partial charge in [0.25, 0.3) is 0 Å². The number of nitrogens with zero attached hydrogens (tertiary/aromatic N) is 4. The molecule has 0 atom stereocenters. The first-order valence-electron chi connectivity index (χ1n) is 9.12. The Morgan fingerprint density at radius 2 is 2.03 bits per heavy atom. The van der Waals surface area contributed by atoms with Crippen molar-refractivity contribution in [1.82, 2.24) is 9.97 Å². The number of anilines is 2. The number of carbonyl (C=O) groups is 1. The van der Waals surface area contributed by atoms with Gasteiger partial charge in [-0.25, -0.2) is 9.97 Å². The number of rotatable bonds is 6. The second-order valence-corrected chi connectivity index (χ2v) is 6.79. The molecule has 1 fully saturated rings. The molecule has 3 heterocycles. The van der Waals surface area contributed by atoms with Crippen molar-refractivity contribution >= 4 is 23.3 Å². The highest BCUT2D eigenvalue weighted by atomic mass is 16.7. The van der Waals surface area contributed by atoms with Gasteiger partial charge in [-0.1, -0.05) is 6.07 Å². The molecular weight excluding hydrogens is 382 g/mol. The molecule has 11 nitrogen and oxygen atoms in total. The SMILES string of the molecule is O=C(O)C1CCN(c2ncnc(NCc3ccc4c(c3)OCO4)c2[N+](=O)[O-])CC1.